The van der Waals surface area contributed by atoms with Crippen molar-refractivity contribution < 1.29 is 4.79 Å². The molecule has 2 N–H and O–H groups in total. The van der Waals surface area contributed by atoms with Crippen LogP contribution in [0.5, 0.6) is 0 Å². The van der Waals surface area contributed by atoms with Gasteiger partial charge in [-0.3, -0.25) is 4.79 Å². The van der Waals surface area contributed by atoms with Gasteiger partial charge in [0.25, 0.3) is 0 Å². The summed E-state index contributed by atoms with van der Waals surface area (Å²) in [6.45, 7) is 0.921. The number of carbonyl (C=O) groups is 1. The van der Waals surface area contributed by atoms with Crippen molar-refractivity contribution in [1.29, 1.82) is 0 Å². The zero-order valence-electron chi connectivity index (χ0n) is 7.03. The van der Waals surface area contributed by atoms with E-state index in [-0.39, 0.29) is 11.9 Å². The van der Waals surface area contributed by atoms with Gasteiger partial charge in [0, 0.05) is 12.3 Å². The van der Waals surface area contributed by atoms with Gasteiger partial charge in [-0.05, 0) is 19.3 Å². The molecule has 2 saturated heterocycles. The molecule has 2 atom stereocenters. The smallest absolute Gasteiger partial charge is 0.241 e. The van der Waals surface area contributed by atoms with E-state index in [1.807, 2.05) is 16.7 Å². The molecule has 0 spiro atoms. The monoisotopic (exact) mass is 186 g/mol. The third-order valence-corrected chi connectivity index (χ3v) is 3.94. The molecule has 2 aliphatic heterocycles. The number of carbonyl (C=O) groups excluding carboxylic acids is 1. The van der Waals surface area contributed by atoms with Gasteiger partial charge in [0.15, 0.2) is 0 Å². The molecular formula is C8H14N2OS. The normalized spacial score (nSPS) is 36.4. The quantitative estimate of drug-likeness (QED) is 0.595. The molecule has 0 aliphatic carbocycles. The maximum atomic E-state index is 11.5. The third kappa shape index (κ3) is 1.33. The molecule has 0 aromatic heterocycles. The summed E-state index contributed by atoms with van der Waals surface area (Å²) in [7, 11) is 0. The van der Waals surface area contributed by atoms with E-state index in [2.05, 4.69) is 0 Å². The molecule has 0 radical (unpaired) electrons. The predicted octanol–water partition coefficient (Wildman–Crippen LogP) is 0.399. The number of hydrogen-bond acceptors (Lipinski definition) is 3. The van der Waals surface area contributed by atoms with E-state index in [1.54, 1.807) is 0 Å². The zero-order valence-corrected chi connectivity index (χ0v) is 7.85. The second kappa shape index (κ2) is 3.26. The van der Waals surface area contributed by atoms with Gasteiger partial charge in [0.2, 0.25) is 5.91 Å². The van der Waals surface area contributed by atoms with Crippen LogP contribution in [0.4, 0.5) is 0 Å². The van der Waals surface area contributed by atoms with Crippen molar-refractivity contribution in [1.82, 2.24) is 4.90 Å². The summed E-state index contributed by atoms with van der Waals surface area (Å²) >= 11 is 1.84. The van der Waals surface area contributed by atoms with E-state index in [4.69, 9.17) is 5.73 Å². The fourth-order valence-electron chi connectivity index (χ4n) is 1.83. The second-order valence-electron chi connectivity index (χ2n) is 3.42. The van der Waals surface area contributed by atoms with Gasteiger partial charge in [0.05, 0.1) is 11.4 Å². The molecular weight excluding hydrogens is 172 g/mol. The van der Waals surface area contributed by atoms with Crippen LogP contribution in [0.15, 0.2) is 0 Å². The number of fused-ring (bicyclic) bond motifs is 1. The zero-order chi connectivity index (χ0) is 8.55. The van der Waals surface area contributed by atoms with Crippen molar-refractivity contribution in [3.05, 3.63) is 0 Å². The van der Waals surface area contributed by atoms with Crippen LogP contribution in [0.25, 0.3) is 0 Å². The highest BCUT2D eigenvalue weighted by Crippen LogP contribution is 2.30. The lowest BCUT2D eigenvalue weighted by Gasteiger charge is -2.40. The first-order valence-corrected chi connectivity index (χ1v) is 5.51. The van der Waals surface area contributed by atoms with Gasteiger partial charge in [0.1, 0.15) is 0 Å². The lowest BCUT2D eigenvalue weighted by molar-refractivity contribution is -0.134. The topological polar surface area (TPSA) is 46.3 Å². The number of hydrogen-bond donors (Lipinski definition) is 1. The van der Waals surface area contributed by atoms with Crippen molar-refractivity contribution in [3.8, 4) is 0 Å². The first-order chi connectivity index (χ1) is 5.79. The first-order valence-electron chi connectivity index (χ1n) is 4.47. The minimum atomic E-state index is -0.246. The molecule has 3 nitrogen and oxygen atoms in total. The molecule has 1 amide bonds. The van der Waals surface area contributed by atoms with E-state index in [9.17, 15) is 4.79 Å². The van der Waals surface area contributed by atoms with E-state index >= 15 is 0 Å². The standard InChI is InChI=1S/C8H14N2OS/c9-6-5-12-7-3-1-2-4-10(7)8(6)11/h6-7H,1-5,9H2. The highest BCUT2D eigenvalue weighted by atomic mass is 32.2. The minimum absolute atomic E-state index is 0.165. The highest BCUT2D eigenvalue weighted by molar-refractivity contribution is 8.00. The Kier molecular flexibility index (Phi) is 2.28. The van der Waals surface area contributed by atoms with Crippen molar-refractivity contribution >= 4 is 17.7 Å². The van der Waals surface area contributed by atoms with Crippen LogP contribution in [0.3, 0.4) is 0 Å². The molecule has 2 rings (SSSR count). The molecule has 2 heterocycles. The second-order valence-corrected chi connectivity index (χ2v) is 4.63. The van der Waals surface area contributed by atoms with Gasteiger partial charge in [-0.2, -0.15) is 0 Å². The van der Waals surface area contributed by atoms with Gasteiger partial charge >= 0.3 is 0 Å². The van der Waals surface area contributed by atoms with E-state index in [0.29, 0.717) is 5.37 Å². The number of amides is 1. The fraction of sp³-hybridized carbons (Fsp3) is 0.875. The largest absolute Gasteiger partial charge is 0.329 e. The Balaban J connectivity index is 2.08. The molecule has 68 valence electrons. The van der Waals surface area contributed by atoms with Crippen molar-refractivity contribution in [2.45, 2.75) is 30.7 Å². The molecule has 2 fully saturated rings. The van der Waals surface area contributed by atoms with E-state index < -0.39 is 0 Å². The molecule has 0 aromatic rings. The molecule has 0 aromatic carbocycles. The maximum absolute atomic E-state index is 11.5. The number of piperidine rings is 1. The van der Waals surface area contributed by atoms with Crippen LogP contribution in [-0.2, 0) is 4.79 Å². The average molecular weight is 186 g/mol. The fourth-order valence-corrected chi connectivity index (χ4v) is 3.12. The average Bonchev–Trinajstić information content (AvgIpc) is 2.12. The predicted molar refractivity (Wildman–Crippen MR) is 49.8 cm³/mol. The molecule has 2 unspecified atom stereocenters. The van der Waals surface area contributed by atoms with E-state index in [1.165, 1.54) is 6.42 Å². The molecule has 12 heavy (non-hydrogen) atoms. The van der Waals surface area contributed by atoms with Gasteiger partial charge in [-0.15, -0.1) is 11.8 Å². The number of nitrogens with two attached hydrogens (primary N) is 1. The van der Waals surface area contributed by atoms with Crippen molar-refractivity contribution in [3.63, 3.8) is 0 Å². The summed E-state index contributed by atoms with van der Waals surface area (Å²) in [4.78, 5) is 13.5. The van der Waals surface area contributed by atoms with Crippen LogP contribution in [0.2, 0.25) is 0 Å². The summed E-state index contributed by atoms with van der Waals surface area (Å²) in [6, 6.07) is -0.246. The van der Waals surface area contributed by atoms with Crippen LogP contribution in [0, 0.1) is 0 Å². The number of nitrogens with zero attached hydrogens (tertiary/aromatic N) is 1. The van der Waals surface area contributed by atoms with Crippen molar-refractivity contribution in [2.24, 2.45) is 5.73 Å². The third-order valence-electron chi connectivity index (χ3n) is 2.52. The Bertz CT molecular complexity index is 197. The SMILES string of the molecule is NC1CSC2CCCCN2C1=O. The highest BCUT2D eigenvalue weighted by Gasteiger charge is 2.34. The van der Waals surface area contributed by atoms with Gasteiger partial charge in [-0.25, -0.2) is 0 Å². The van der Waals surface area contributed by atoms with E-state index in [0.717, 1.165) is 25.1 Å². The molecule has 2 aliphatic rings. The lowest BCUT2D eigenvalue weighted by Crippen LogP contribution is -2.54. The molecule has 4 heteroatoms. The Morgan fingerprint density at radius 3 is 3.17 bits per heavy atom. The summed E-state index contributed by atoms with van der Waals surface area (Å²) in [5.41, 5.74) is 5.67. The Labute approximate surface area is 76.7 Å². The summed E-state index contributed by atoms with van der Waals surface area (Å²) < 4.78 is 0. The van der Waals surface area contributed by atoms with Gasteiger partial charge in [-0.1, -0.05) is 0 Å². The lowest BCUT2D eigenvalue weighted by atomic mass is 10.1. The Hall–Kier alpha value is -0.220. The maximum Gasteiger partial charge on any atom is 0.241 e. The summed E-state index contributed by atoms with van der Waals surface area (Å²) in [6.07, 6.45) is 3.56. The van der Waals surface area contributed by atoms with Crippen molar-refractivity contribution in [2.75, 3.05) is 12.3 Å². The van der Waals surface area contributed by atoms with Crippen LogP contribution in [0.1, 0.15) is 19.3 Å². The summed E-state index contributed by atoms with van der Waals surface area (Å²) in [5.74, 6) is 0.971. The summed E-state index contributed by atoms with van der Waals surface area (Å²) in [5, 5.41) is 0.436. The number of rotatable bonds is 0. The Morgan fingerprint density at radius 1 is 1.50 bits per heavy atom. The number of thioether (sulfide) groups is 1. The van der Waals surface area contributed by atoms with Crippen LogP contribution >= 0.6 is 11.8 Å². The molecule has 0 bridgehead atoms. The Morgan fingerprint density at radius 2 is 2.33 bits per heavy atom. The van der Waals surface area contributed by atoms with Gasteiger partial charge < -0.3 is 10.6 Å². The molecule has 0 saturated carbocycles. The van der Waals surface area contributed by atoms with Crippen LogP contribution < -0.4 is 5.73 Å². The first kappa shape index (κ1) is 8.38. The van der Waals surface area contributed by atoms with Crippen LogP contribution in [-0.4, -0.2) is 34.5 Å². The minimum Gasteiger partial charge on any atom is -0.329 e.